The Bertz CT molecular complexity index is 505. The lowest BCUT2D eigenvalue weighted by Crippen LogP contribution is -2.26. The molecule has 0 radical (unpaired) electrons. The van der Waals surface area contributed by atoms with Gasteiger partial charge in [-0.1, -0.05) is 0 Å². The molecular formula is C12H14N4OS. The summed E-state index contributed by atoms with van der Waals surface area (Å²) in [5.41, 5.74) is 6.37. The first-order valence-corrected chi connectivity index (χ1v) is 6.66. The number of hydrogen-bond donors (Lipinski definition) is 2. The third-order valence-electron chi connectivity index (χ3n) is 2.92. The molecule has 1 aromatic rings. The molecule has 1 aliphatic rings. The van der Waals surface area contributed by atoms with Crippen LogP contribution in [0.25, 0.3) is 0 Å². The summed E-state index contributed by atoms with van der Waals surface area (Å²) in [5.74, 6) is 0. The zero-order valence-corrected chi connectivity index (χ0v) is 10.7. The molecule has 0 saturated carbocycles. The largest absolute Gasteiger partial charge is 0.396 e. The van der Waals surface area contributed by atoms with Crippen LogP contribution in [0.3, 0.4) is 0 Å². The highest BCUT2D eigenvalue weighted by molar-refractivity contribution is 7.17. The van der Waals surface area contributed by atoms with E-state index < -0.39 is 0 Å². The maximum atomic E-state index is 9.04. The van der Waals surface area contributed by atoms with Gasteiger partial charge in [0, 0.05) is 13.2 Å². The minimum atomic E-state index is 0.180. The molecule has 1 aliphatic heterocycles. The van der Waals surface area contributed by atoms with Gasteiger partial charge in [0.2, 0.25) is 0 Å². The average molecular weight is 262 g/mol. The van der Waals surface area contributed by atoms with E-state index in [0.29, 0.717) is 22.0 Å². The molecule has 1 atom stereocenters. The first kappa shape index (κ1) is 12.7. The van der Waals surface area contributed by atoms with Crippen molar-refractivity contribution >= 4 is 22.0 Å². The zero-order chi connectivity index (χ0) is 13.0. The number of rotatable bonds is 3. The second-order valence-corrected chi connectivity index (χ2v) is 5.16. The Morgan fingerprint density at radius 1 is 1.39 bits per heavy atom. The van der Waals surface area contributed by atoms with Crippen molar-refractivity contribution in [1.29, 1.82) is 10.5 Å². The van der Waals surface area contributed by atoms with Gasteiger partial charge in [0.1, 0.15) is 27.6 Å². The number of hydrogen-bond acceptors (Lipinski definition) is 6. The quantitative estimate of drug-likeness (QED) is 0.869. The van der Waals surface area contributed by atoms with E-state index in [9.17, 15) is 0 Å². The number of nitrogens with one attached hydrogen (secondary N) is 1. The van der Waals surface area contributed by atoms with Crippen LogP contribution in [0.15, 0.2) is 0 Å². The van der Waals surface area contributed by atoms with Gasteiger partial charge < -0.3 is 15.8 Å². The lowest BCUT2D eigenvalue weighted by atomic mass is 10.1. The summed E-state index contributed by atoms with van der Waals surface area (Å²) in [4.78, 5) is 0.388. The van der Waals surface area contributed by atoms with Gasteiger partial charge in [0.15, 0.2) is 0 Å². The Morgan fingerprint density at radius 2 is 2.22 bits per heavy atom. The molecule has 18 heavy (non-hydrogen) atoms. The molecule has 1 saturated heterocycles. The van der Waals surface area contributed by atoms with Crippen LogP contribution < -0.4 is 11.1 Å². The molecule has 1 fully saturated rings. The molecule has 0 amide bonds. The maximum absolute atomic E-state index is 9.04. The number of ether oxygens (including phenoxy) is 1. The Hall–Kier alpha value is -1.76. The summed E-state index contributed by atoms with van der Waals surface area (Å²) < 4.78 is 5.60. The van der Waals surface area contributed by atoms with Crippen LogP contribution in [-0.4, -0.2) is 19.3 Å². The summed E-state index contributed by atoms with van der Waals surface area (Å²) in [5, 5.41) is 21.8. The fraction of sp³-hybridized carbons (Fsp3) is 0.500. The smallest absolute Gasteiger partial charge is 0.131 e. The van der Waals surface area contributed by atoms with Crippen LogP contribution in [0, 0.1) is 22.7 Å². The Labute approximate surface area is 110 Å². The molecule has 2 rings (SSSR count). The Morgan fingerprint density at radius 3 is 2.83 bits per heavy atom. The fourth-order valence-electron chi connectivity index (χ4n) is 1.94. The standard InChI is InChI=1S/C12H14N4OS/c13-5-9-11(15)10(6-14)18-12(9)16-7-8-3-1-2-4-17-8/h8,16H,1-4,7,15H2. The molecule has 2 heterocycles. The second-order valence-electron chi connectivity index (χ2n) is 4.14. The van der Waals surface area contributed by atoms with E-state index in [-0.39, 0.29) is 11.8 Å². The summed E-state index contributed by atoms with van der Waals surface area (Å²) in [6.45, 7) is 1.45. The highest BCUT2D eigenvalue weighted by Crippen LogP contribution is 2.34. The molecular weight excluding hydrogens is 248 g/mol. The van der Waals surface area contributed by atoms with E-state index in [0.717, 1.165) is 19.4 Å². The molecule has 94 valence electrons. The van der Waals surface area contributed by atoms with E-state index in [1.54, 1.807) is 0 Å². The number of anilines is 2. The zero-order valence-electron chi connectivity index (χ0n) is 9.90. The summed E-state index contributed by atoms with van der Waals surface area (Å²) in [7, 11) is 0. The van der Waals surface area contributed by atoms with Crippen molar-refractivity contribution < 1.29 is 4.74 Å². The summed E-state index contributed by atoms with van der Waals surface area (Å²) in [6, 6.07) is 4.04. The normalized spacial score (nSPS) is 18.9. The summed E-state index contributed by atoms with van der Waals surface area (Å²) in [6.07, 6.45) is 3.50. The minimum Gasteiger partial charge on any atom is -0.396 e. The van der Waals surface area contributed by atoms with Crippen LogP contribution in [0.2, 0.25) is 0 Å². The van der Waals surface area contributed by atoms with Crippen LogP contribution in [0.5, 0.6) is 0 Å². The number of nitrogen functional groups attached to an aromatic ring is 1. The second kappa shape index (κ2) is 5.72. The third kappa shape index (κ3) is 2.56. The van der Waals surface area contributed by atoms with Crippen molar-refractivity contribution in [3.63, 3.8) is 0 Å². The van der Waals surface area contributed by atoms with Gasteiger partial charge in [-0.15, -0.1) is 11.3 Å². The molecule has 0 aliphatic carbocycles. The average Bonchev–Trinajstić information content (AvgIpc) is 2.73. The van der Waals surface area contributed by atoms with Crippen molar-refractivity contribution in [3.05, 3.63) is 10.4 Å². The molecule has 5 nitrogen and oxygen atoms in total. The van der Waals surface area contributed by atoms with Gasteiger partial charge in [-0.05, 0) is 19.3 Å². The van der Waals surface area contributed by atoms with Gasteiger partial charge in [-0.25, -0.2) is 0 Å². The molecule has 1 unspecified atom stereocenters. The predicted octanol–water partition coefficient (Wildman–Crippen LogP) is 2.05. The Balaban J connectivity index is 2.05. The lowest BCUT2D eigenvalue weighted by Gasteiger charge is -2.22. The van der Waals surface area contributed by atoms with Crippen LogP contribution >= 0.6 is 11.3 Å². The van der Waals surface area contributed by atoms with Crippen molar-refractivity contribution in [3.8, 4) is 12.1 Å². The third-order valence-corrected chi connectivity index (χ3v) is 3.99. The number of nitriles is 2. The van der Waals surface area contributed by atoms with Crippen LogP contribution in [-0.2, 0) is 4.74 Å². The fourth-order valence-corrected chi connectivity index (χ4v) is 2.81. The minimum absolute atomic E-state index is 0.180. The van der Waals surface area contributed by atoms with E-state index in [4.69, 9.17) is 21.0 Å². The van der Waals surface area contributed by atoms with E-state index >= 15 is 0 Å². The highest BCUT2D eigenvalue weighted by atomic mass is 32.1. The number of nitrogens with zero attached hydrogens (tertiary/aromatic N) is 2. The number of thiophene rings is 1. The predicted molar refractivity (Wildman–Crippen MR) is 70.2 cm³/mol. The van der Waals surface area contributed by atoms with Crippen molar-refractivity contribution in [2.45, 2.75) is 25.4 Å². The SMILES string of the molecule is N#Cc1sc(NCC2CCCCO2)c(C#N)c1N. The van der Waals surface area contributed by atoms with Crippen molar-refractivity contribution in [2.24, 2.45) is 0 Å². The topological polar surface area (TPSA) is 94.9 Å². The van der Waals surface area contributed by atoms with E-state index in [1.807, 2.05) is 12.1 Å². The first-order valence-electron chi connectivity index (χ1n) is 5.84. The highest BCUT2D eigenvalue weighted by Gasteiger charge is 2.18. The molecule has 0 aromatic carbocycles. The van der Waals surface area contributed by atoms with Gasteiger partial charge in [-0.2, -0.15) is 10.5 Å². The van der Waals surface area contributed by atoms with E-state index in [1.165, 1.54) is 17.8 Å². The number of nitrogens with two attached hydrogens (primary N) is 1. The molecule has 0 bridgehead atoms. The lowest BCUT2D eigenvalue weighted by molar-refractivity contribution is 0.0248. The van der Waals surface area contributed by atoms with Crippen molar-refractivity contribution in [2.75, 3.05) is 24.2 Å². The van der Waals surface area contributed by atoms with Crippen LogP contribution in [0.4, 0.5) is 10.7 Å². The Kier molecular flexibility index (Phi) is 4.03. The maximum Gasteiger partial charge on any atom is 0.131 e. The van der Waals surface area contributed by atoms with Crippen LogP contribution in [0.1, 0.15) is 29.7 Å². The van der Waals surface area contributed by atoms with Crippen molar-refractivity contribution in [1.82, 2.24) is 0 Å². The molecule has 0 spiro atoms. The van der Waals surface area contributed by atoms with Gasteiger partial charge in [0.05, 0.1) is 11.8 Å². The van der Waals surface area contributed by atoms with Gasteiger partial charge in [-0.3, -0.25) is 0 Å². The molecule has 1 aromatic heterocycles. The monoisotopic (exact) mass is 262 g/mol. The van der Waals surface area contributed by atoms with Gasteiger partial charge >= 0.3 is 0 Å². The first-order chi connectivity index (χ1) is 8.76. The van der Waals surface area contributed by atoms with Gasteiger partial charge in [0.25, 0.3) is 0 Å². The summed E-state index contributed by atoms with van der Waals surface area (Å²) >= 11 is 1.22. The molecule has 3 N–H and O–H groups in total. The molecule has 6 heteroatoms. The van der Waals surface area contributed by atoms with E-state index in [2.05, 4.69) is 5.32 Å².